The Morgan fingerprint density at radius 3 is 3.00 bits per heavy atom. The third kappa shape index (κ3) is 2.18. The Balaban J connectivity index is 1.83. The second-order valence-corrected chi connectivity index (χ2v) is 4.95. The van der Waals surface area contributed by atoms with E-state index in [1.807, 2.05) is 18.2 Å². The van der Waals surface area contributed by atoms with Crippen molar-refractivity contribution in [1.29, 1.82) is 0 Å². The number of aromatic amines is 1. The lowest BCUT2D eigenvalue weighted by Crippen LogP contribution is -2.31. The van der Waals surface area contributed by atoms with Crippen LogP contribution in [0.1, 0.15) is 33.9 Å². The molecule has 20 heavy (non-hydrogen) atoms. The highest BCUT2D eigenvalue weighted by Crippen LogP contribution is 2.32. The molecule has 1 heterocycles. The second-order valence-electron chi connectivity index (χ2n) is 4.95. The Morgan fingerprint density at radius 1 is 1.35 bits per heavy atom. The van der Waals surface area contributed by atoms with Gasteiger partial charge in [0.2, 0.25) is 0 Å². The van der Waals surface area contributed by atoms with Crippen molar-refractivity contribution in [3.8, 4) is 0 Å². The van der Waals surface area contributed by atoms with E-state index in [1.165, 1.54) is 18.5 Å². The first kappa shape index (κ1) is 12.5. The van der Waals surface area contributed by atoms with Crippen LogP contribution in [-0.4, -0.2) is 10.9 Å². The molecule has 1 atom stereocenters. The molecule has 0 fully saturated rings. The van der Waals surface area contributed by atoms with E-state index < -0.39 is 0 Å². The molecule has 1 aromatic carbocycles. The van der Waals surface area contributed by atoms with Crippen LogP contribution in [0.5, 0.6) is 0 Å². The number of carbonyl (C=O) groups excluding carboxylic acids is 1. The summed E-state index contributed by atoms with van der Waals surface area (Å²) in [6.07, 6.45) is 4.65. The fourth-order valence-electron chi connectivity index (χ4n) is 2.62. The van der Waals surface area contributed by atoms with Crippen LogP contribution >= 0.6 is 0 Å². The molecule has 102 valence electrons. The van der Waals surface area contributed by atoms with Crippen LogP contribution < -0.4 is 16.5 Å². The molecule has 1 unspecified atom stereocenters. The van der Waals surface area contributed by atoms with E-state index in [9.17, 15) is 9.59 Å². The maximum atomic E-state index is 12.1. The summed E-state index contributed by atoms with van der Waals surface area (Å²) in [6.45, 7) is 0. The number of aryl methyl sites for hydroxylation is 1. The van der Waals surface area contributed by atoms with Gasteiger partial charge in [-0.25, -0.2) is 0 Å². The van der Waals surface area contributed by atoms with E-state index >= 15 is 0 Å². The van der Waals surface area contributed by atoms with Crippen molar-refractivity contribution >= 4 is 11.6 Å². The van der Waals surface area contributed by atoms with E-state index in [0.717, 1.165) is 29.7 Å². The summed E-state index contributed by atoms with van der Waals surface area (Å²) < 4.78 is 0. The van der Waals surface area contributed by atoms with Crippen LogP contribution in [-0.2, 0) is 6.42 Å². The lowest BCUT2D eigenvalue weighted by Gasteiger charge is -2.14. The predicted octanol–water partition coefficient (Wildman–Crippen LogP) is 1.37. The van der Waals surface area contributed by atoms with Gasteiger partial charge in [0.25, 0.3) is 5.91 Å². The van der Waals surface area contributed by atoms with Crippen molar-refractivity contribution in [2.24, 2.45) is 0 Å². The maximum Gasteiger partial charge on any atom is 0.257 e. The molecule has 1 aliphatic carbocycles. The Morgan fingerprint density at radius 2 is 2.20 bits per heavy atom. The van der Waals surface area contributed by atoms with Gasteiger partial charge in [0, 0.05) is 24.1 Å². The van der Waals surface area contributed by atoms with Gasteiger partial charge in [-0.3, -0.25) is 9.59 Å². The third-order valence-electron chi connectivity index (χ3n) is 3.62. The summed E-state index contributed by atoms with van der Waals surface area (Å²) in [7, 11) is 0. The Kier molecular flexibility index (Phi) is 3.02. The van der Waals surface area contributed by atoms with Crippen LogP contribution in [0.15, 0.2) is 41.5 Å². The average Bonchev–Trinajstić information content (AvgIpc) is 2.81. The van der Waals surface area contributed by atoms with Gasteiger partial charge in [-0.2, -0.15) is 0 Å². The minimum absolute atomic E-state index is 0.0577. The SMILES string of the molecule is Nc1ccc2c(c1)CCC2NC(=O)c1c[nH]ccc1=O. The van der Waals surface area contributed by atoms with Gasteiger partial charge in [0.05, 0.1) is 6.04 Å². The van der Waals surface area contributed by atoms with Crippen LogP contribution in [0.3, 0.4) is 0 Å². The number of benzene rings is 1. The smallest absolute Gasteiger partial charge is 0.257 e. The molecule has 1 amide bonds. The first-order valence-corrected chi connectivity index (χ1v) is 6.51. The van der Waals surface area contributed by atoms with Crippen molar-refractivity contribution in [2.75, 3.05) is 5.73 Å². The van der Waals surface area contributed by atoms with E-state index in [1.54, 1.807) is 0 Å². The molecule has 0 aliphatic heterocycles. The molecular formula is C15H15N3O2. The van der Waals surface area contributed by atoms with Gasteiger partial charge < -0.3 is 16.0 Å². The molecule has 0 bridgehead atoms. The van der Waals surface area contributed by atoms with E-state index in [-0.39, 0.29) is 22.9 Å². The highest BCUT2D eigenvalue weighted by atomic mass is 16.2. The largest absolute Gasteiger partial charge is 0.399 e. The number of hydrogen-bond donors (Lipinski definition) is 3. The zero-order valence-electron chi connectivity index (χ0n) is 10.8. The highest BCUT2D eigenvalue weighted by molar-refractivity contribution is 5.94. The number of nitrogens with one attached hydrogen (secondary N) is 2. The topological polar surface area (TPSA) is 88.0 Å². The maximum absolute atomic E-state index is 12.1. The zero-order chi connectivity index (χ0) is 14.1. The second kappa shape index (κ2) is 4.85. The van der Waals surface area contributed by atoms with Gasteiger partial charge in [0.1, 0.15) is 5.56 Å². The monoisotopic (exact) mass is 269 g/mol. The van der Waals surface area contributed by atoms with E-state index in [2.05, 4.69) is 10.3 Å². The molecule has 0 spiro atoms. The molecule has 5 nitrogen and oxygen atoms in total. The summed E-state index contributed by atoms with van der Waals surface area (Å²) in [4.78, 5) is 26.5. The lowest BCUT2D eigenvalue weighted by molar-refractivity contribution is 0.0935. The number of rotatable bonds is 2. The molecule has 4 N–H and O–H groups in total. The van der Waals surface area contributed by atoms with Crippen molar-refractivity contribution in [1.82, 2.24) is 10.3 Å². The number of nitrogens with two attached hydrogens (primary N) is 1. The van der Waals surface area contributed by atoms with Crippen LogP contribution in [0.2, 0.25) is 0 Å². The quantitative estimate of drug-likeness (QED) is 0.719. The van der Waals surface area contributed by atoms with Crippen molar-refractivity contribution in [2.45, 2.75) is 18.9 Å². The minimum atomic E-state index is -0.346. The number of carbonyl (C=O) groups is 1. The first-order chi connectivity index (χ1) is 9.65. The number of nitrogen functional groups attached to an aromatic ring is 1. The Labute approximate surface area is 115 Å². The van der Waals surface area contributed by atoms with E-state index in [4.69, 9.17) is 5.73 Å². The number of amides is 1. The summed E-state index contributed by atoms with van der Waals surface area (Å²) in [5.41, 5.74) is 8.59. The van der Waals surface area contributed by atoms with Gasteiger partial charge in [-0.1, -0.05) is 6.07 Å². The van der Waals surface area contributed by atoms with Gasteiger partial charge >= 0.3 is 0 Å². The Hall–Kier alpha value is -2.56. The fourth-order valence-corrected chi connectivity index (χ4v) is 2.62. The first-order valence-electron chi connectivity index (χ1n) is 6.51. The molecule has 5 heteroatoms. The van der Waals surface area contributed by atoms with Crippen LogP contribution in [0, 0.1) is 0 Å². The molecule has 0 saturated heterocycles. The third-order valence-corrected chi connectivity index (χ3v) is 3.62. The van der Waals surface area contributed by atoms with Gasteiger partial charge in [-0.05, 0) is 36.1 Å². The normalized spacial score (nSPS) is 16.7. The summed E-state index contributed by atoms with van der Waals surface area (Å²) in [5, 5.41) is 2.91. The van der Waals surface area contributed by atoms with Crippen molar-refractivity contribution in [3.63, 3.8) is 0 Å². The molecular weight excluding hydrogens is 254 g/mol. The van der Waals surface area contributed by atoms with Crippen molar-refractivity contribution < 1.29 is 4.79 Å². The number of H-pyrrole nitrogens is 1. The van der Waals surface area contributed by atoms with Crippen LogP contribution in [0.4, 0.5) is 5.69 Å². The zero-order valence-corrected chi connectivity index (χ0v) is 10.8. The van der Waals surface area contributed by atoms with Crippen LogP contribution in [0.25, 0.3) is 0 Å². The number of pyridine rings is 1. The minimum Gasteiger partial charge on any atom is -0.399 e. The Bertz CT molecular complexity index is 721. The number of anilines is 1. The summed E-state index contributed by atoms with van der Waals surface area (Å²) >= 11 is 0. The standard InChI is InChI=1S/C15H15N3O2/c16-10-2-3-11-9(7-10)1-4-13(11)18-15(20)12-8-17-6-5-14(12)19/h2-3,5-8,13H,1,4,16H2,(H,17,19)(H,18,20). The predicted molar refractivity (Wildman–Crippen MR) is 76.4 cm³/mol. The fraction of sp³-hybridized carbons (Fsp3) is 0.200. The lowest BCUT2D eigenvalue weighted by atomic mass is 10.1. The van der Waals surface area contributed by atoms with Gasteiger partial charge in [-0.15, -0.1) is 0 Å². The highest BCUT2D eigenvalue weighted by Gasteiger charge is 2.24. The molecule has 1 aromatic heterocycles. The number of aromatic nitrogens is 1. The average molecular weight is 269 g/mol. The number of hydrogen-bond acceptors (Lipinski definition) is 3. The number of fused-ring (bicyclic) bond motifs is 1. The van der Waals surface area contributed by atoms with Gasteiger partial charge in [0.15, 0.2) is 5.43 Å². The summed E-state index contributed by atoms with van der Waals surface area (Å²) in [6, 6.07) is 7.00. The molecule has 0 saturated carbocycles. The summed E-state index contributed by atoms with van der Waals surface area (Å²) in [5.74, 6) is -0.346. The molecule has 3 rings (SSSR count). The molecule has 1 aliphatic rings. The van der Waals surface area contributed by atoms with Crippen molar-refractivity contribution in [3.05, 3.63) is 63.6 Å². The molecule has 2 aromatic rings. The molecule has 0 radical (unpaired) electrons. The van der Waals surface area contributed by atoms with E-state index in [0.29, 0.717) is 0 Å².